The first kappa shape index (κ1) is 12.1. The van der Waals surface area contributed by atoms with Gasteiger partial charge in [0.15, 0.2) is 0 Å². The number of amides is 1. The van der Waals surface area contributed by atoms with Crippen LogP contribution in [-0.4, -0.2) is 27.2 Å². The maximum absolute atomic E-state index is 11.9. The largest absolute Gasteiger partial charge is 0.350 e. The fraction of sp³-hybridized carbons (Fsp3) is 0.182. The molecule has 0 saturated heterocycles. The number of nitrogens with zero attached hydrogens (tertiary/aromatic N) is 3. The van der Waals surface area contributed by atoms with E-state index in [4.69, 9.17) is 5.84 Å². The van der Waals surface area contributed by atoms with Crippen molar-refractivity contribution in [3.05, 3.63) is 42.5 Å². The normalized spacial score (nSPS) is 10.1. The van der Waals surface area contributed by atoms with Crippen molar-refractivity contribution in [2.75, 3.05) is 12.0 Å². The van der Waals surface area contributed by atoms with E-state index < -0.39 is 0 Å². The van der Waals surface area contributed by atoms with Gasteiger partial charge in [0.25, 0.3) is 5.91 Å². The van der Waals surface area contributed by atoms with Crippen molar-refractivity contribution in [3.8, 4) is 0 Å². The van der Waals surface area contributed by atoms with Gasteiger partial charge in [0.1, 0.15) is 0 Å². The Labute approximate surface area is 104 Å². The predicted molar refractivity (Wildman–Crippen MR) is 66.6 cm³/mol. The lowest BCUT2D eigenvalue weighted by Gasteiger charge is -2.08. The number of nitrogens with one attached hydrogen (secondary N) is 2. The smallest absolute Gasteiger partial charge is 0.253 e. The summed E-state index contributed by atoms with van der Waals surface area (Å²) < 4.78 is 1.74. The number of hydrogen-bond acceptors (Lipinski definition) is 5. The molecule has 2 aromatic rings. The number of pyridine rings is 1. The second-order valence-corrected chi connectivity index (χ2v) is 3.59. The third-order valence-electron chi connectivity index (χ3n) is 2.41. The fourth-order valence-electron chi connectivity index (χ4n) is 1.52. The Hall–Kier alpha value is -2.41. The molecule has 0 radical (unpaired) electrons. The van der Waals surface area contributed by atoms with Gasteiger partial charge in [-0.2, -0.15) is 5.10 Å². The van der Waals surface area contributed by atoms with Gasteiger partial charge in [0.2, 0.25) is 0 Å². The molecule has 0 aliphatic heterocycles. The molecule has 1 amide bonds. The van der Waals surface area contributed by atoms with E-state index in [2.05, 4.69) is 20.8 Å². The third kappa shape index (κ3) is 2.83. The minimum absolute atomic E-state index is 0.197. The first-order chi connectivity index (χ1) is 8.81. The van der Waals surface area contributed by atoms with Crippen molar-refractivity contribution in [3.63, 3.8) is 0 Å². The number of anilines is 1. The first-order valence-electron chi connectivity index (χ1n) is 5.47. The number of nitrogens with two attached hydrogens (primary N) is 1. The van der Waals surface area contributed by atoms with Gasteiger partial charge in [0, 0.05) is 25.1 Å². The zero-order valence-corrected chi connectivity index (χ0v) is 9.71. The van der Waals surface area contributed by atoms with Crippen LogP contribution in [-0.2, 0) is 6.54 Å². The SMILES string of the molecule is NNc1cnccc1C(=O)NCCn1cccn1. The van der Waals surface area contributed by atoms with Gasteiger partial charge in [-0.3, -0.25) is 20.3 Å². The second-order valence-electron chi connectivity index (χ2n) is 3.59. The fourth-order valence-corrected chi connectivity index (χ4v) is 1.52. The monoisotopic (exact) mass is 246 g/mol. The number of rotatable bonds is 5. The maximum atomic E-state index is 11.9. The molecule has 0 atom stereocenters. The molecular weight excluding hydrogens is 232 g/mol. The zero-order chi connectivity index (χ0) is 12.8. The number of carbonyl (C=O) groups is 1. The molecule has 0 aliphatic rings. The molecule has 0 spiro atoms. The van der Waals surface area contributed by atoms with Gasteiger partial charge in [-0.1, -0.05) is 0 Å². The van der Waals surface area contributed by atoms with Crippen molar-refractivity contribution in [1.82, 2.24) is 20.1 Å². The molecule has 2 rings (SSSR count). The van der Waals surface area contributed by atoms with Crippen LogP contribution in [0.3, 0.4) is 0 Å². The number of carbonyl (C=O) groups excluding carboxylic acids is 1. The molecule has 18 heavy (non-hydrogen) atoms. The Kier molecular flexibility index (Phi) is 3.87. The summed E-state index contributed by atoms with van der Waals surface area (Å²) in [7, 11) is 0. The second kappa shape index (κ2) is 5.78. The van der Waals surface area contributed by atoms with E-state index in [0.717, 1.165) is 0 Å². The van der Waals surface area contributed by atoms with E-state index in [0.29, 0.717) is 24.3 Å². The molecule has 0 bridgehead atoms. The van der Waals surface area contributed by atoms with Crippen LogP contribution in [0.5, 0.6) is 0 Å². The van der Waals surface area contributed by atoms with Gasteiger partial charge in [-0.25, -0.2) is 0 Å². The van der Waals surface area contributed by atoms with Crippen molar-refractivity contribution in [2.24, 2.45) is 5.84 Å². The Morgan fingerprint density at radius 2 is 2.33 bits per heavy atom. The average molecular weight is 246 g/mol. The van der Waals surface area contributed by atoms with Gasteiger partial charge >= 0.3 is 0 Å². The number of nitrogen functional groups attached to an aromatic ring is 1. The molecule has 0 unspecified atom stereocenters. The number of hydrogen-bond donors (Lipinski definition) is 3. The van der Waals surface area contributed by atoms with E-state index in [1.54, 1.807) is 23.1 Å². The minimum atomic E-state index is -0.197. The predicted octanol–water partition coefficient (Wildman–Crippen LogP) is -0.00630. The van der Waals surface area contributed by atoms with E-state index in [1.807, 2.05) is 12.3 Å². The van der Waals surface area contributed by atoms with Gasteiger partial charge < -0.3 is 10.7 Å². The van der Waals surface area contributed by atoms with Crippen LogP contribution in [0.25, 0.3) is 0 Å². The summed E-state index contributed by atoms with van der Waals surface area (Å²) in [6.07, 6.45) is 6.58. The lowest BCUT2D eigenvalue weighted by atomic mass is 10.2. The maximum Gasteiger partial charge on any atom is 0.253 e. The molecule has 7 heteroatoms. The van der Waals surface area contributed by atoms with E-state index >= 15 is 0 Å². The zero-order valence-electron chi connectivity index (χ0n) is 9.71. The molecule has 4 N–H and O–H groups in total. The highest BCUT2D eigenvalue weighted by Gasteiger charge is 2.09. The van der Waals surface area contributed by atoms with E-state index in [-0.39, 0.29) is 5.91 Å². The van der Waals surface area contributed by atoms with Crippen LogP contribution in [0.2, 0.25) is 0 Å². The lowest BCUT2D eigenvalue weighted by molar-refractivity contribution is 0.0952. The van der Waals surface area contributed by atoms with Crippen LogP contribution < -0.4 is 16.6 Å². The van der Waals surface area contributed by atoms with Gasteiger partial charge in [-0.15, -0.1) is 0 Å². The van der Waals surface area contributed by atoms with Gasteiger partial charge in [0.05, 0.1) is 24.0 Å². The van der Waals surface area contributed by atoms with E-state index in [1.165, 1.54) is 6.20 Å². The standard InChI is InChI=1S/C11H14N6O/c12-16-10-8-13-4-2-9(10)11(18)14-5-7-17-6-1-3-15-17/h1-4,6,8,16H,5,7,12H2,(H,14,18). The van der Waals surface area contributed by atoms with Crippen LogP contribution in [0.15, 0.2) is 36.9 Å². The minimum Gasteiger partial charge on any atom is -0.350 e. The van der Waals surface area contributed by atoms with Crippen LogP contribution >= 0.6 is 0 Å². The van der Waals surface area contributed by atoms with Crippen LogP contribution in [0.4, 0.5) is 5.69 Å². The molecule has 94 valence electrons. The van der Waals surface area contributed by atoms with Crippen molar-refractivity contribution in [1.29, 1.82) is 0 Å². The number of hydrazine groups is 1. The number of aromatic nitrogens is 3. The third-order valence-corrected chi connectivity index (χ3v) is 2.41. The Morgan fingerprint density at radius 1 is 1.44 bits per heavy atom. The summed E-state index contributed by atoms with van der Waals surface area (Å²) in [6, 6.07) is 3.44. The molecule has 0 aliphatic carbocycles. The summed E-state index contributed by atoms with van der Waals surface area (Å²) in [6.45, 7) is 1.11. The van der Waals surface area contributed by atoms with Crippen molar-refractivity contribution < 1.29 is 4.79 Å². The molecule has 2 aromatic heterocycles. The Balaban J connectivity index is 1.91. The average Bonchev–Trinajstić information content (AvgIpc) is 2.91. The molecule has 0 saturated carbocycles. The molecule has 2 heterocycles. The summed E-state index contributed by atoms with van der Waals surface area (Å²) in [5.74, 6) is 5.11. The first-order valence-corrected chi connectivity index (χ1v) is 5.47. The topological polar surface area (TPSA) is 97.9 Å². The van der Waals surface area contributed by atoms with Crippen molar-refractivity contribution in [2.45, 2.75) is 6.54 Å². The van der Waals surface area contributed by atoms with Crippen LogP contribution in [0.1, 0.15) is 10.4 Å². The molecule has 7 nitrogen and oxygen atoms in total. The molecule has 0 fully saturated rings. The summed E-state index contributed by atoms with van der Waals surface area (Å²) >= 11 is 0. The molecule has 0 aromatic carbocycles. The summed E-state index contributed by atoms with van der Waals surface area (Å²) in [5, 5.41) is 6.83. The van der Waals surface area contributed by atoms with Crippen LogP contribution in [0, 0.1) is 0 Å². The molecular formula is C11H14N6O. The Morgan fingerprint density at radius 3 is 3.06 bits per heavy atom. The lowest BCUT2D eigenvalue weighted by Crippen LogP contribution is -2.28. The highest BCUT2D eigenvalue weighted by Crippen LogP contribution is 2.10. The van der Waals surface area contributed by atoms with E-state index in [9.17, 15) is 4.79 Å². The summed E-state index contributed by atoms with van der Waals surface area (Å²) in [4.78, 5) is 15.8. The van der Waals surface area contributed by atoms with Gasteiger partial charge in [-0.05, 0) is 12.1 Å². The highest BCUT2D eigenvalue weighted by molar-refractivity contribution is 5.99. The Bertz CT molecular complexity index is 510. The summed E-state index contributed by atoms with van der Waals surface area (Å²) in [5.41, 5.74) is 3.40. The highest BCUT2D eigenvalue weighted by atomic mass is 16.1. The quantitative estimate of drug-likeness (QED) is 0.509. The van der Waals surface area contributed by atoms with Crippen molar-refractivity contribution >= 4 is 11.6 Å².